The quantitative estimate of drug-likeness (QED) is 0.658. The lowest BCUT2D eigenvalue weighted by Crippen LogP contribution is -2.49. The first-order valence-electron chi connectivity index (χ1n) is 12.0. The van der Waals surface area contributed by atoms with Crippen molar-refractivity contribution in [3.63, 3.8) is 0 Å². The first kappa shape index (κ1) is 24.7. The molecule has 1 heterocycles. The fraction of sp³-hybridized carbons (Fsp3) is 0.720. The van der Waals surface area contributed by atoms with Gasteiger partial charge in [-0.3, -0.25) is 4.79 Å². The van der Waals surface area contributed by atoms with Gasteiger partial charge >= 0.3 is 7.12 Å². The molecule has 0 unspecified atom stereocenters. The van der Waals surface area contributed by atoms with E-state index < -0.39 is 33.6 Å². The Morgan fingerprint density at radius 3 is 1.97 bits per heavy atom. The summed E-state index contributed by atoms with van der Waals surface area (Å²) in [5.74, 6) is 0.171. The molecular weight excluding hydrogens is 437 g/mol. The zero-order valence-electron chi connectivity index (χ0n) is 21.1. The van der Waals surface area contributed by atoms with E-state index in [0.717, 1.165) is 37.6 Å². The van der Waals surface area contributed by atoms with Crippen molar-refractivity contribution < 1.29 is 22.5 Å². The molecule has 0 spiro atoms. The van der Waals surface area contributed by atoms with E-state index in [2.05, 4.69) is 5.32 Å². The molecule has 8 heteroatoms. The average molecular weight is 475 g/mol. The van der Waals surface area contributed by atoms with E-state index in [9.17, 15) is 13.2 Å². The van der Waals surface area contributed by atoms with Gasteiger partial charge in [0.25, 0.3) is 0 Å². The van der Waals surface area contributed by atoms with Gasteiger partial charge in [0.1, 0.15) is 0 Å². The maximum absolute atomic E-state index is 13.3. The molecule has 1 aromatic rings. The zero-order chi connectivity index (χ0) is 24.5. The van der Waals surface area contributed by atoms with Gasteiger partial charge in [-0.25, -0.2) is 8.42 Å². The Balaban J connectivity index is 1.45. The second kappa shape index (κ2) is 7.56. The second-order valence-electron chi connectivity index (χ2n) is 12.6. The first-order valence-corrected chi connectivity index (χ1v) is 13.6. The Bertz CT molecular complexity index is 1020. The average Bonchev–Trinajstić information content (AvgIpc) is 3.27. The Hall–Kier alpha value is -1.38. The maximum Gasteiger partial charge on any atom is 0.494 e. The summed E-state index contributed by atoms with van der Waals surface area (Å²) < 4.78 is 38.9. The standard InChI is InChI=1S/C25H38BNO5S/c1-21(2,3)20(28)27-25-14-12-24(16-25,13-15-25)17-33(29,30)19-10-8-18(9-11-19)26-31-22(4,5)23(6,7)32-26/h8-11H,12-17H2,1-7H3,(H,27,28). The van der Waals surface area contributed by atoms with Crippen molar-refractivity contribution in [2.45, 2.75) is 102 Å². The van der Waals surface area contributed by atoms with Crippen LogP contribution in [0.5, 0.6) is 0 Å². The van der Waals surface area contributed by atoms with Gasteiger partial charge in [-0.2, -0.15) is 0 Å². The van der Waals surface area contributed by atoms with E-state index >= 15 is 0 Å². The number of hydrogen-bond acceptors (Lipinski definition) is 5. The first-order chi connectivity index (χ1) is 15.0. The van der Waals surface area contributed by atoms with Crippen molar-refractivity contribution in [2.24, 2.45) is 10.8 Å². The van der Waals surface area contributed by atoms with Crippen LogP contribution >= 0.6 is 0 Å². The van der Waals surface area contributed by atoms with Crippen molar-refractivity contribution in [3.8, 4) is 0 Å². The number of carbonyl (C=O) groups excluding carboxylic acids is 1. The number of fused-ring (bicyclic) bond motifs is 2. The molecule has 6 nitrogen and oxygen atoms in total. The fourth-order valence-corrected chi connectivity index (χ4v) is 7.34. The molecule has 3 aliphatic rings. The number of sulfone groups is 1. The second-order valence-corrected chi connectivity index (χ2v) is 14.6. The van der Waals surface area contributed by atoms with Gasteiger partial charge in [0.15, 0.2) is 9.84 Å². The summed E-state index contributed by atoms with van der Waals surface area (Å²) in [6.07, 6.45) is 4.12. The van der Waals surface area contributed by atoms with E-state index in [0.29, 0.717) is 4.90 Å². The van der Waals surface area contributed by atoms with Crippen molar-refractivity contribution in [2.75, 3.05) is 5.75 Å². The molecule has 2 bridgehead atoms. The minimum Gasteiger partial charge on any atom is -0.399 e. The van der Waals surface area contributed by atoms with E-state index in [1.807, 2.05) is 48.5 Å². The number of hydrogen-bond donors (Lipinski definition) is 1. The van der Waals surface area contributed by atoms with Crippen LogP contribution in [-0.4, -0.2) is 43.9 Å². The molecule has 0 atom stereocenters. The van der Waals surface area contributed by atoms with Gasteiger partial charge in [0.05, 0.1) is 21.9 Å². The van der Waals surface area contributed by atoms with Crippen LogP contribution < -0.4 is 10.8 Å². The van der Waals surface area contributed by atoms with E-state index in [4.69, 9.17) is 9.31 Å². The summed E-state index contributed by atoms with van der Waals surface area (Å²) in [4.78, 5) is 12.9. The predicted octanol–water partition coefficient (Wildman–Crippen LogP) is 3.62. The van der Waals surface area contributed by atoms with Crippen LogP contribution in [0.25, 0.3) is 0 Å². The van der Waals surface area contributed by atoms with Crippen LogP contribution in [0.3, 0.4) is 0 Å². The van der Waals surface area contributed by atoms with E-state index in [1.54, 1.807) is 24.3 Å². The molecule has 3 fully saturated rings. The molecule has 4 rings (SSSR count). The Morgan fingerprint density at radius 1 is 0.970 bits per heavy atom. The van der Waals surface area contributed by atoms with Crippen molar-refractivity contribution in [1.82, 2.24) is 5.32 Å². The van der Waals surface area contributed by atoms with Crippen LogP contribution in [0, 0.1) is 10.8 Å². The van der Waals surface area contributed by atoms with Crippen LogP contribution in [0.15, 0.2) is 29.2 Å². The number of carbonyl (C=O) groups is 1. The van der Waals surface area contributed by atoms with Crippen molar-refractivity contribution in [3.05, 3.63) is 24.3 Å². The molecular formula is C25H38BNO5S. The number of rotatable bonds is 5. The van der Waals surface area contributed by atoms with Gasteiger partial charge in [-0.05, 0) is 82.8 Å². The Labute approximate surface area is 199 Å². The third-order valence-electron chi connectivity index (χ3n) is 8.30. The third-order valence-corrected chi connectivity index (χ3v) is 10.3. The zero-order valence-corrected chi connectivity index (χ0v) is 21.9. The van der Waals surface area contributed by atoms with Gasteiger partial charge < -0.3 is 14.6 Å². The summed E-state index contributed by atoms with van der Waals surface area (Å²) in [5, 5.41) is 3.26. The predicted molar refractivity (Wildman–Crippen MR) is 130 cm³/mol. The third kappa shape index (κ3) is 4.51. The highest BCUT2D eigenvalue weighted by atomic mass is 32.2. The highest BCUT2D eigenvalue weighted by molar-refractivity contribution is 7.91. The lowest BCUT2D eigenvalue weighted by Gasteiger charge is -2.32. The maximum atomic E-state index is 13.3. The largest absolute Gasteiger partial charge is 0.494 e. The smallest absolute Gasteiger partial charge is 0.399 e. The minimum absolute atomic E-state index is 0.0429. The van der Waals surface area contributed by atoms with Crippen LogP contribution in [0.1, 0.15) is 80.6 Å². The molecule has 1 N–H and O–H groups in total. The molecule has 1 aromatic carbocycles. The molecule has 1 aliphatic heterocycles. The van der Waals surface area contributed by atoms with Crippen LogP contribution in [-0.2, 0) is 23.9 Å². The van der Waals surface area contributed by atoms with Gasteiger partial charge in [-0.15, -0.1) is 0 Å². The SMILES string of the molecule is CC(C)(C)C(=O)NC12CCC(CS(=O)(=O)c3ccc(B4OC(C)(C)C(C)(C)O4)cc3)(CC1)C2. The van der Waals surface area contributed by atoms with E-state index in [1.165, 1.54) is 0 Å². The number of nitrogens with one attached hydrogen (secondary N) is 1. The van der Waals surface area contributed by atoms with Gasteiger partial charge in [0, 0.05) is 11.0 Å². The number of amides is 1. The van der Waals surface area contributed by atoms with Crippen LogP contribution in [0.2, 0.25) is 0 Å². The van der Waals surface area contributed by atoms with Crippen LogP contribution in [0.4, 0.5) is 0 Å². The fourth-order valence-electron chi connectivity index (χ4n) is 5.42. The number of benzene rings is 1. The minimum atomic E-state index is -3.45. The molecule has 33 heavy (non-hydrogen) atoms. The molecule has 0 radical (unpaired) electrons. The topological polar surface area (TPSA) is 81.7 Å². The lowest BCUT2D eigenvalue weighted by molar-refractivity contribution is -0.130. The highest BCUT2D eigenvalue weighted by Gasteiger charge is 2.57. The normalized spacial score (nSPS) is 30.6. The molecule has 2 saturated carbocycles. The molecule has 2 aliphatic carbocycles. The summed E-state index contributed by atoms with van der Waals surface area (Å²) in [6.45, 7) is 13.7. The Morgan fingerprint density at radius 2 is 1.48 bits per heavy atom. The Kier molecular flexibility index (Phi) is 5.67. The van der Waals surface area contributed by atoms with Gasteiger partial charge in [0.2, 0.25) is 5.91 Å². The summed E-state index contributed by atoms with van der Waals surface area (Å²) in [5.41, 5.74) is -1.03. The highest BCUT2D eigenvalue weighted by Crippen LogP contribution is 2.57. The molecule has 1 amide bonds. The van der Waals surface area contributed by atoms with Gasteiger partial charge in [-0.1, -0.05) is 32.9 Å². The summed E-state index contributed by atoms with van der Waals surface area (Å²) in [6, 6.07) is 6.93. The monoisotopic (exact) mass is 475 g/mol. The molecule has 182 valence electrons. The lowest BCUT2D eigenvalue weighted by atomic mass is 9.79. The molecule has 1 saturated heterocycles. The summed E-state index contributed by atoms with van der Waals surface area (Å²) >= 11 is 0. The van der Waals surface area contributed by atoms with E-state index in [-0.39, 0.29) is 22.6 Å². The molecule has 0 aromatic heterocycles. The van der Waals surface area contributed by atoms with Crippen molar-refractivity contribution >= 4 is 28.3 Å². The summed E-state index contributed by atoms with van der Waals surface area (Å²) in [7, 11) is -3.96. The van der Waals surface area contributed by atoms with Crippen molar-refractivity contribution in [1.29, 1.82) is 0 Å².